The van der Waals surface area contributed by atoms with Crippen molar-refractivity contribution in [2.75, 3.05) is 26.3 Å². The van der Waals surface area contributed by atoms with Crippen LogP contribution in [-0.2, 0) is 14.2 Å². The lowest BCUT2D eigenvalue weighted by Gasteiger charge is -2.25. The van der Waals surface area contributed by atoms with Crippen LogP contribution in [0.15, 0.2) is 60.7 Å². The maximum Gasteiger partial charge on any atom is 0.407 e. The Balaban J connectivity index is 0.000000416. The highest BCUT2D eigenvalue weighted by atomic mass is 16.6. The molecule has 0 bridgehead atoms. The molecule has 3 N–H and O–H groups in total. The number of nitrogens with two attached hydrogens (primary N) is 1. The first-order chi connectivity index (χ1) is 18.1. The lowest BCUT2D eigenvalue weighted by molar-refractivity contribution is 0.0313. The average molecular weight is 543 g/mol. The third-order valence-electron chi connectivity index (χ3n) is 5.50. The second-order valence-corrected chi connectivity index (χ2v) is 11.9. The van der Waals surface area contributed by atoms with E-state index < -0.39 is 11.7 Å². The van der Waals surface area contributed by atoms with E-state index in [1.807, 2.05) is 72.7 Å². The molecule has 0 aromatic heterocycles. The van der Waals surface area contributed by atoms with Crippen molar-refractivity contribution in [1.82, 2.24) is 5.32 Å². The second-order valence-electron chi connectivity index (χ2n) is 11.9. The zero-order valence-electron chi connectivity index (χ0n) is 24.5. The molecular weight excluding hydrogens is 496 g/mol. The van der Waals surface area contributed by atoms with E-state index in [9.17, 15) is 14.4 Å². The van der Waals surface area contributed by atoms with Crippen molar-refractivity contribution in [3.63, 3.8) is 0 Å². The molecule has 0 aliphatic rings. The zero-order chi connectivity index (χ0) is 29.5. The van der Waals surface area contributed by atoms with E-state index in [1.165, 1.54) is 0 Å². The number of rotatable bonds is 11. The highest BCUT2D eigenvalue weighted by Gasteiger charge is 2.22. The molecule has 0 spiro atoms. The number of nitrogens with one attached hydrogen (secondary N) is 1. The highest BCUT2D eigenvalue weighted by Crippen LogP contribution is 2.21. The molecule has 2 rings (SSSR count). The predicted molar refractivity (Wildman–Crippen MR) is 154 cm³/mol. The van der Waals surface area contributed by atoms with E-state index in [2.05, 4.69) is 5.32 Å². The number of ether oxygens (including phenoxy) is 3. The largest absolute Gasteiger partial charge is 0.462 e. The Kier molecular flexibility index (Phi) is 13.7. The van der Waals surface area contributed by atoms with E-state index in [-0.39, 0.29) is 29.4 Å². The first-order valence-corrected chi connectivity index (χ1v) is 13.3. The van der Waals surface area contributed by atoms with Gasteiger partial charge < -0.3 is 25.3 Å². The van der Waals surface area contributed by atoms with Crippen molar-refractivity contribution >= 4 is 18.0 Å². The molecule has 0 saturated heterocycles. The first kappa shape index (κ1) is 33.6. The Labute approximate surface area is 233 Å². The van der Waals surface area contributed by atoms with Crippen LogP contribution in [0, 0.1) is 10.8 Å². The van der Waals surface area contributed by atoms with Crippen molar-refractivity contribution in [3.8, 4) is 0 Å². The van der Waals surface area contributed by atoms with Crippen molar-refractivity contribution in [2.24, 2.45) is 16.6 Å². The maximum atomic E-state index is 11.9. The monoisotopic (exact) mass is 542 g/mol. The van der Waals surface area contributed by atoms with Gasteiger partial charge in [-0.2, -0.15) is 0 Å². The van der Waals surface area contributed by atoms with Crippen molar-refractivity contribution in [3.05, 3.63) is 71.8 Å². The summed E-state index contributed by atoms with van der Waals surface area (Å²) in [5, 5.41) is 2.71. The molecule has 0 aliphatic carbocycles. The third-order valence-corrected chi connectivity index (χ3v) is 5.50. The van der Waals surface area contributed by atoms with Crippen LogP contribution in [0.25, 0.3) is 0 Å². The van der Waals surface area contributed by atoms with Crippen LogP contribution >= 0.6 is 0 Å². The quantitative estimate of drug-likeness (QED) is 0.264. The molecule has 0 heterocycles. The molecule has 0 fully saturated rings. The van der Waals surface area contributed by atoms with Gasteiger partial charge in [-0.15, -0.1) is 0 Å². The third kappa shape index (κ3) is 15.6. The molecule has 0 aliphatic heterocycles. The van der Waals surface area contributed by atoms with Crippen LogP contribution in [-0.4, -0.2) is 49.9 Å². The van der Waals surface area contributed by atoms with E-state index in [1.54, 1.807) is 36.4 Å². The van der Waals surface area contributed by atoms with Gasteiger partial charge in [0.1, 0.15) is 5.60 Å². The summed E-state index contributed by atoms with van der Waals surface area (Å²) in [6.07, 6.45) is 1.08. The summed E-state index contributed by atoms with van der Waals surface area (Å²) in [4.78, 5) is 35.1. The first-order valence-electron chi connectivity index (χ1n) is 13.3. The molecule has 2 aromatic carbocycles. The molecule has 1 amide bonds. The summed E-state index contributed by atoms with van der Waals surface area (Å²) < 4.78 is 15.8. The molecule has 216 valence electrons. The summed E-state index contributed by atoms with van der Waals surface area (Å²) in [6.45, 7) is 15.3. The zero-order valence-corrected chi connectivity index (χ0v) is 24.5. The number of hydrogen-bond donors (Lipinski definition) is 2. The van der Waals surface area contributed by atoms with Crippen molar-refractivity contribution in [1.29, 1.82) is 0 Å². The molecule has 0 radical (unpaired) electrons. The summed E-state index contributed by atoms with van der Waals surface area (Å²) in [5.41, 5.74) is 5.82. The number of esters is 2. The van der Waals surface area contributed by atoms with Crippen LogP contribution in [0.2, 0.25) is 0 Å². The minimum absolute atomic E-state index is 0.0564. The molecule has 8 heteroatoms. The summed E-state index contributed by atoms with van der Waals surface area (Å²) in [6, 6.07) is 17.9. The number of amides is 1. The SMILES string of the molecule is CC(C)(CCN)COC(=O)c1ccccc1.CC(C)(CCNC(=O)OC(C)(C)C)COC(=O)c1ccccc1. The molecule has 0 saturated carbocycles. The van der Waals surface area contributed by atoms with Gasteiger partial charge in [-0.25, -0.2) is 14.4 Å². The smallest absolute Gasteiger partial charge is 0.407 e. The maximum absolute atomic E-state index is 11.9. The lowest BCUT2D eigenvalue weighted by atomic mass is 9.90. The standard InChI is InChI=1S/C18H27NO4.C13H19NO2/c1-17(2,3)23-16(21)19-12-11-18(4,5)13-22-15(20)14-9-7-6-8-10-14;1-13(2,8-9-14)10-16-12(15)11-6-4-3-5-7-11/h6-10H,11-13H2,1-5H3,(H,19,21);3-7H,8-10,14H2,1-2H3. The average Bonchev–Trinajstić information content (AvgIpc) is 2.86. The summed E-state index contributed by atoms with van der Waals surface area (Å²) >= 11 is 0. The van der Waals surface area contributed by atoms with Crippen molar-refractivity contribution in [2.45, 2.75) is 66.9 Å². The second kappa shape index (κ2) is 15.9. The normalized spacial score (nSPS) is 11.5. The van der Waals surface area contributed by atoms with Gasteiger partial charge >= 0.3 is 18.0 Å². The number of benzene rings is 2. The lowest BCUT2D eigenvalue weighted by Crippen LogP contribution is -2.35. The van der Waals surface area contributed by atoms with Crippen LogP contribution in [0.1, 0.15) is 82.0 Å². The predicted octanol–water partition coefficient (Wildman–Crippen LogP) is 6.00. The van der Waals surface area contributed by atoms with Gasteiger partial charge in [0.05, 0.1) is 24.3 Å². The van der Waals surface area contributed by atoms with E-state index in [0.29, 0.717) is 37.2 Å². The Morgan fingerprint density at radius 3 is 1.49 bits per heavy atom. The number of carbonyl (C=O) groups is 3. The van der Waals surface area contributed by atoms with Crippen LogP contribution in [0.3, 0.4) is 0 Å². The van der Waals surface area contributed by atoms with Gasteiger partial charge in [0.25, 0.3) is 0 Å². The molecule has 8 nitrogen and oxygen atoms in total. The minimum Gasteiger partial charge on any atom is -0.462 e. The Bertz CT molecular complexity index is 1010. The summed E-state index contributed by atoms with van der Waals surface area (Å²) in [5.74, 6) is -0.607. The van der Waals surface area contributed by atoms with Gasteiger partial charge in [0.2, 0.25) is 0 Å². The van der Waals surface area contributed by atoms with Crippen molar-refractivity contribution < 1.29 is 28.6 Å². The molecule has 2 aromatic rings. The Morgan fingerprint density at radius 1 is 0.692 bits per heavy atom. The Hall–Kier alpha value is -3.39. The van der Waals surface area contributed by atoms with E-state index in [4.69, 9.17) is 19.9 Å². The van der Waals surface area contributed by atoms with Gasteiger partial charge in [0.15, 0.2) is 0 Å². The fourth-order valence-corrected chi connectivity index (χ4v) is 3.19. The number of carbonyl (C=O) groups excluding carboxylic acids is 3. The molecule has 0 unspecified atom stereocenters. The minimum atomic E-state index is -0.509. The van der Waals surface area contributed by atoms with E-state index in [0.717, 1.165) is 6.42 Å². The van der Waals surface area contributed by atoms with E-state index >= 15 is 0 Å². The number of hydrogen-bond acceptors (Lipinski definition) is 7. The number of alkyl carbamates (subject to hydrolysis) is 1. The summed E-state index contributed by atoms with van der Waals surface area (Å²) in [7, 11) is 0. The fourth-order valence-electron chi connectivity index (χ4n) is 3.19. The van der Waals surface area contributed by atoms with Gasteiger partial charge in [-0.3, -0.25) is 0 Å². The Morgan fingerprint density at radius 2 is 1.10 bits per heavy atom. The van der Waals surface area contributed by atoms with Crippen LogP contribution in [0.4, 0.5) is 4.79 Å². The van der Waals surface area contributed by atoms with Gasteiger partial charge in [0, 0.05) is 17.4 Å². The molecule has 39 heavy (non-hydrogen) atoms. The highest BCUT2D eigenvalue weighted by molar-refractivity contribution is 5.89. The van der Waals surface area contributed by atoms with Gasteiger partial charge in [-0.05, 0) is 64.4 Å². The molecular formula is C31H46N2O6. The van der Waals surface area contributed by atoms with Gasteiger partial charge in [-0.1, -0.05) is 64.1 Å². The molecule has 0 atom stereocenters. The van der Waals surface area contributed by atoms with Crippen LogP contribution in [0.5, 0.6) is 0 Å². The van der Waals surface area contributed by atoms with Crippen LogP contribution < -0.4 is 11.1 Å². The topological polar surface area (TPSA) is 117 Å². The fraction of sp³-hybridized carbons (Fsp3) is 0.516.